The predicted octanol–water partition coefficient (Wildman–Crippen LogP) is -0.130. The number of nitrogens with zero attached hydrogens (tertiary/aromatic N) is 1. The van der Waals surface area contributed by atoms with Crippen LogP contribution in [0.2, 0.25) is 0 Å². The quantitative estimate of drug-likeness (QED) is 0.544. The fraction of sp³-hybridized carbons (Fsp3) is 0.846. The van der Waals surface area contributed by atoms with Gasteiger partial charge >= 0.3 is 12.0 Å². The lowest BCUT2D eigenvalue weighted by atomic mass is 9.94. The summed E-state index contributed by atoms with van der Waals surface area (Å²) in [4.78, 5) is 24.0. The van der Waals surface area contributed by atoms with Gasteiger partial charge in [-0.1, -0.05) is 13.8 Å². The minimum absolute atomic E-state index is 0.0176. The third-order valence-electron chi connectivity index (χ3n) is 3.36. The number of β-amino-alcohol motifs (C(OH)–C–C–N with tert-alkyl or cyclic N) is 2. The summed E-state index contributed by atoms with van der Waals surface area (Å²) in [6, 6.07) is -0.375. The number of aliphatic hydroxyl groups excluding tert-OH is 2. The number of nitrogens with one attached hydrogen (secondary N) is 1. The Morgan fingerprint density at radius 3 is 2.25 bits per heavy atom. The molecule has 1 aliphatic heterocycles. The summed E-state index contributed by atoms with van der Waals surface area (Å²) >= 11 is 0. The minimum Gasteiger partial charge on any atom is -0.481 e. The maximum atomic E-state index is 11.9. The summed E-state index contributed by atoms with van der Waals surface area (Å²) in [6.45, 7) is 4.49. The number of rotatable bonds is 6. The van der Waals surface area contributed by atoms with E-state index in [2.05, 4.69) is 5.32 Å². The number of carboxylic acids is 1. The van der Waals surface area contributed by atoms with Gasteiger partial charge in [-0.3, -0.25) is 4.79 Å². The smallest absolute Gasteiger partial charge is 0.317 e. The number of carboxylic acid groups (broad SMARTS) is 1. The van der Waals surface area contributed by atoms with E-state index in [1.807, 2.05) is 13.8 Å². The van der Waals surface area contributed by atoms with Crippen molar-refractivity contribution in [3.63, 3.8) is 0 Å². The van der Waals surface area contributed by atoms with E-state index in [4.69, 9.17) is 5.11 Å². The third kappa shape index (κ3) is 5.34. The van der Waals surface area contributed by atoms with Gasteiger partial charge < -0.3 is 25.5 Å². The fourth-order valence-corrected chi connectivity index (χ4v) is 2.43. The van der Waals surface area contributed by atoms with Crippen molar-refractivity contribution >= 4 is 12.0 Å². The summed E-state index contributed by atoms with van der Waals surface area (Å²) in [6.07, 6.45) is -1.08. The number of carbonyl (C=O) groups excluding carboxylic acids is 1. The number of aliphatic hydroxyl groups is 2. The van der Waals surface area contributed by atoms with Crippen LogP contribution < -0.4 is 5.32 Å². The third-order valence-corrected chi connectivity index (χ3v) is 3.36. The maximum absolute atomic E-state index is 11.9. The molecule has 1 fully saturated rings. The molecule has 4 N–H and O–H groups in total. The van der Waals surface area contributed by atoms with Crippen molar-refractivity contribution < 1.29 is 24.9 Å². The molecule has 1 rings (SSSR count). The van der Waals surface area contributed by atoms with Gasteiger partial charge in [-0.25, -0.2) is 4.79 Å². The molecule has 2 amide bonds. The molecule has 7 nitrogen and oxygen atoms in total. The highest BCUT2D eigenvalue weighted by atomic mass is 16.4. The average molecular weight is 288 g/mol. The zero-order valence-electron chi connectivity index (χ0n) is 12.0. The van der Waals surface area contributed by atoms with Crippen LogP contribution >= 0.6 is 0 Å². The van der Waals surface area contributed by atoms with Crippen LogP contribution in [0.5, 0.6) is 0 Å². The van der Waals surface area contributed by atoms with E-state index < -0.39 is 18.2 Å². The molecule has 1 saturated heterocycles. The molecule has 0 aromatic rings. The number of urea groups is 1. The first-order chi connectivity index (χ1) is 9.29. The van der Waals surface area contributed by atoms with Gasteiger partial charge in [0.15, 0.2) is 0 Å². The summed E-state index contributed by atoms with van der Waals surface area (Å²) in [5.74, 6) is -0.641. The zero-order valence-corrected chi connectivity index (χ0v) is 12.0. The second-order valence-electron chi connectivity index (χ2n) is 5.82. The van der Waals surface area contributed by atoms with E-state index in [1.54, 1.807) is 0 Å². The van der Waals surface area contributed by atoms with Crippen LogP contribution in [0.3, 0.4) is 0 Å². The van der Waals surface area contributed by atoms with E-state index >= 15 is 0 Å². The van der Waals surface area contributed by atoms with Crippen LogP contribution in [0.15, 0.2) is 0 Å². The summed E-state index contributed by atoms with van der Waals surface area (Å²) in [7, 11) is 0. The zero-order chi connectivity index (χ0) is 15.3. The fourth-order valence-electron chi connectivity index (χ4n) is 2.43. The molecule has 0 radical (unpaired) electrons. The number of hydrogen-bond acceptors (Lipinski definition) is 4. The summed E-state index contributed by atoms with van der Waals surface area (Å²) in [5.41, 5.74) is 0. The standard InChI is InChI=1S/C13H24N2O5/c1-8(2)3-9(4-12(18)19)5-14-13(20)15-6-10(16)11(17)7-15/h8-11,16-17H,3-7H2,1-2H3,(H,14,20)(H,18,19)/t9-,10?,11?/m0/s1. The number of aliphatic carboxylic acids is 1. The van der Waals surface area contributed by atoms with Crippen LogP contribution in [0.25, 0.3) is 0 Å². The topological polar surface area (TPSA) is 110 Å². The molecule has 0 bridgehead atoms. The van der Waals surface area contributed by atoms with E-state index in [0.29, 0.717) is 5.92 Å². The van der Waals surface area contributed by atoms with E-state index in [-0.39, 0.29) is 38.0 Å². The summed E-state index contributed by atoms with van der Waals surface area (Å²) < 4.78 is 0. The van der Waals surface area contributed by atoms with Gasteiger partial charge in [0.25, 0.3) is 0 Å². The molecule has 116 valence electrons. The average Bonchev–Trinajstić information content (AvgIpc) is 2.65. The van der Waals surface area contributed by atoms with Crippen molar-refractivity contribution in [1.82, 2.24) is 10.2 Å². The molecule has 0 aliphatic carbocycles. The molecule has 1 aliphatic rings. The molecule has 0 aromatic heterocycles. The lowest BCUT2D eigenvalue weighted by Crippen LogP contribution is -2.41. The van der Waals surface area contributed by atoms with E-state index in [1.165, 1.54) is 4.90 Å². The van der Waals surface area contributed by atoms with Gasteiger partial charge in [0.05, 0.1) is 25.3 Å². The molecule has 0 saturated carbocycles. The highest BCUT2D eigenvalue weighted by Crippen LogP contribution is 2.15. The molecule has 2 unspecified atom stereocenters. The van der Waals surface area contributed by atoms with Crippen LogP contribution in [0, 0.1) is 11.8 Å². The number of amides is 2. The second-order valence-corrected chi connectivity index (χ2v) is 5.82. The van der Waals surface area contributed by atoms with Crippen molar-refractivity contribution in [2.75, 3.05) is 19.6 Å². The Kier molecular flexibility index (Phi) is 6.22. The monoisotopic (exact) mass is 288 g/mol. The van der Waals surface area contributed by atoms with Crippen LogP contribution in [-0.4, -0.2) is 64.1 Å². The van der Waals surface area contributed by atoms with E-state index in [0.717, 1.165) is 6.42 Å². The number of hydrogen-bond donors (Lipinski definition) is 4. The molecule has 0 aromatic carbocycles. The van der Waals surface area contributed by atoms with Crippen LogP contribution in [0.1, 0.15) is 26.7 Å². The van der Waals surface area contributed by atoms with Crippen molar-refractivity contribution in [1.29, 1.82) is 0 Å². The first-order valence-corrected chi connectivity index (χ1v) is 6.90. The van der Waals surface area contributed by atoms with Gasteiger partial charge in [0, 0.05) is 13.0 Å². The van der Waals surface area contributed by atoms with Gasteiger partial charge in [-0.05, 0) is 18.3 Å². The first-order valence-electron chi connectivity index (χ1n) is 6.90. The Morgan fingerprint density at radius 1 is 1.25 bits per heavy atom. The Morgan fingerprint density at radius 2 is 1.80 bits per heavy atom. The normalized spacial score (nSPS) is 23.9. The minimum atomic E-state index is -0.911. The van der Waals surface area contributed by atoms with Gasteiger partial charge in [0.2, 0.25) is 0 Å². The first kappa shape index (κ1) is 16.7. The Balaban J connectivity index is 2.42. The highest BCUT2D eigenvalue weighted by molar-refractivity contribution is 5.74. The SMILES string of the molecule is CC(C)C[C@H](CNC(=O)N1CC(O)C(O)C1)CC(=O)O. The van der Waals surface area contributed by atoms with E-state index in [9.17, 15) is 19.8 Å². The molecular formula is C13H24N2O5. The van der Waals surface area contributed by atoms with Gasteiger partial charge in [-0.2, -0.15) is 0 Å². The molecule has 1 heterocycles. The molecule has 0 spiro atoms. The Bertz CT molecular complexity index is 338. The maximum Gasteiger partial charge on any atom is 0.317 e. The predicted molar refractivity (Wildman–Crippen MR) is 72.2 cm³/mol. The van der Waals surface area contributed by atoms with Crippen LogP contribution in [-0.2, 0) is 4.79 Å². The molecule has 7 heteroatoms. The van der Waals surface area contributed by atoms with Crippen molar-refractivity contribution in [2.24, 2.45) is 11.8 Å². The van der Waals surface area contributed by atoms with Crippen molar-refractivity contribution in [3.05, 3.63) is 0 Å². The molecule has 3 atom stereocenters. The highest BCUT2D eigenvalue weighted by Gasteiger charge is 2.32. The lowest BCUT2D eigenvalue weighted by molar-refractivity contribution is -0.138. The van der Waals surface area contributed by atoms with Crippen LogP contribution in [0.4, 0.5) is 4.79 Å². The Hall–Kier alpha value is -1.34. The van der Waals surface area contributed by atoms with Crippen molar-refractivity contribution in [2.45, 2.75) is 38.9 Å². The molecular weight excluding hydrogens is 264 g/mol. The number of carbonyl (C=O) groups is 2. The Labute approximate surface area is 118 Å². The summed E-state index contributed by atoms with van der Waals surface area (Å²) in [5, 5.41) is 30.3. The molecule has 20 heavy (non-hydrogen) atoms. The lowest BCUT2D eigenvalue weighted by Gasteiger charge is -2.21. The van der Waals surface area contributed by atoms with Crippen molar-refractivity contribution in [3.8, 4) is 0 Å². The van der Waals surface area contributed by atoms with Gasteiger partial charge in [-0.15, -0.1) is 0 Å². The number of likely N-dealkylation sites (tertiary alicyclic amines) is 1. The largest absolute Gasteiger partial charge is 0.481 e. The van der Waals surface area contributed by atoms with Gasteiger partial charge in [0.1, 0.15) is 0 Å². The second kappa shape index (κ2) is 7.44.